The van der Waals surface area contributed by atoms with Gasteiger partial charge in [0.1, 0.15) is 11.4 Å². The van der Waals surface area contributed by atoms with Crippen molar-refractivity contribution < 1.29 is 14.3 Å². The van der Waals surface area contributed by atoms with Crippen molar-refractivity contribution in [3.05, 3.63) is 28.8 Å². The SMILES string of the molecule is COc1ccc(Cl)cc1CNC1CN(C(=O)OC(C)(C)C)C1. The smallest absolute Gasteiger partial charge is 0.410 e. The van der Waals surface area contributed by atoms with Crippen molar-refractivity contribution in [1.82, 2.24) is 10.2 Å². The van der Waals surface area contributed by atoms with Gasteiger partial charge in [0, 0.05) is 36.3 Å². The first kappa shape index (κ1) is 16.9. The van der Waals surface area contributed by atoms with Gasteiger partial charge in [-0.3, -0.25) is 0 Å². The number of amides is 1. The lowest BCUT2D eigenvalue weighted by Gasteiger charge is -2.40. The van der Waals surface area contributed by atoms with Gasteiger partial charge < -0.3 is 19.7 Å². The molecule has 2 rings (SSSR count). The number of nitrogens with zero attached hydrogens (tertiary/aromatic N) is 1. The van der Waals surface area contributed by atoms with E-state index >= 15 is 0 Å². The Labute approximate surface area is 136 Å². The monoisotopic (exact) mass is 326 g/mol. The number of ether oxygens (including phenoxy) is 2. The van der Waals surface area contributed by atoms with Crippen LogP contribution >= 0.6 is 11.6 Å². The Bertz CT molecular complexity index is 537. The van der Waals surface area contributed by atoms with Gasteiger partial charge in [-0.1, -0.05) is 11.6 Å². The standard InChI is InChI=1S/C16H23ClN2O3/c1-16(2,3)22-15(20)19-9-13(10-19)18-8-11-7-12(17)5-6-14(11)21-4/h5-7,13,18H,8-10H2,1-4H3. The van der Waals surface area contributed by atoms with Crippen LogP contribution in [0.4, 0.5) is 4.79 Å². The van der Waals surface area contributed by atoms with Crippen LogP contribution in [-0.2, 0) is 11.3 Å². The second-order valence-corrected chi connectivity index (χ2v) is 6.86. The van der Waals surface area contributed by atoms with Crippen LogP contribution in [0.5, 0.6) is 5.75 Å². The maximum Gasteiger partial charge on any atom is 0.410 e. The number of carbonyl (C=O) groups is 1. The Balaban J connectivity index is 1.79. The molecule has 22 heavy (non-hydrogen) atoms. The van der Waals surface area contributed by atoms with Crippen molar-refractivity contribution in [3.63, 3.8) is 0 Å². The van der Waals surface area contributed by atoms with Gasteiger partial charge >= 0.3 is 6.09 Å². The van der Waals surface area contributed by atoms with Gasteiger partial charge in [-0.05, 0) is 39.0 Å². The molecule has 0 aliphatic carbocycles. The van der Waals surface area contributed by atoms with Gasteiger partial charge in [0.25, 0.3) is 0 Å². The zero-order valence-corrected chi connectivity index (χ0v) is 14.2. The maximum absolute atomic E-state index is 11.8. The van der Waals surface area contributed by atoms with Gasteiger partial charge in [-0.25, -0.2) is 4.79 Å². The summed E-state index contributed by atoms with van der Waals surface area (Å²) in [6, 6.07) is 5.80. The Kier molecular flexibility index (Phi) is 5.19. The third kappa shape index (κ3) is 4.52. The quantitative estimate of drug-likeness (QED) is 0.924. The summed E-state index contributed by atoms with van der Waals surface area (Å²) >= 11 is 6.01. The molecule has 0 saturated carbocycles. The molecular weight excluding hydrogens is 304 g/mol. The third-order valence-corrected chi connectivity index (χ3v) is 3.59. The Morgan fingerprint density at radius 3 is 2.68 bits per heavy atom. The molecule has 6 heteroatoms. The van der Waals surface area contributed by atoms with Crippen LogP contribution in [0.2, 0.25) is 5.02 Å². The molecule has 0 radical (unpaired) electrons. The number of nitrogens with one attached hydrogen (secondary N) is 1. The number of hydrogen-bond donors (Lipinski definition) is 1. The molecule has 5 nitrogen and oxygen atoms in total. The average molecular weight is 327 g/mol. The molecule has 0 unspecified atom stereocenters. The Hall–Kier alpha value is -1.46. The highest BCUT2D eigenvalue weighted by Gasteiger charge is 2.33. The summed E-state index contributed by atoms with van der Waals surface area (Å²) in [7, 11) is 1.64. The molecule has 1 saturated heterocycles. The van der Waals surface area contributed by atoms with E-state index in [9.17, 15) is 4.79 Å². The molecule has 1 aliphatic heterocycles. The van der Waals surface area contributed by atoms with Crippen LogP contribution in [0.25, 0.3) is 0 Å². The summed E-state index contributed by atoms with van der Waals surface area (Å²) in [6.07, 6.45) is -0.258. The molecule has 1 aliphatic rings. The van der Waals surface area contributed by atoms with Crippen molar-refractivity contribution in [2.75, 3.05) is 20.2 Å². The van der Waals surface area contributed by atoms with E-state index in [1.165, 1.54) is 0 Å². The summed E-state index contributed by atoms with van der Waals surface area (Å²) in [5, 5.41) is 4.08. The zero-order chi connectivity index (χ0) is 16.3. The molecule has 0 spiro atoms. The largest absolute Gasteiger partial charge is 0.496 e. The summed E-state index contributed by atoms with van der Waals surface area (Å²) in [5.41, 5.74) is 0.551. The molecule has 0 aromatic heterocycles. The number of hydrogen-bond acceptors (Lipinski definition) is 4. The molecule has 1 aromatic carbocycles. The van der Waals surface area contributed by atoms with Crippen molar-refractivity contribution in [2.45, 2.75) is 39.0 Å². The topological polar surface area (TPSA) is 50.8 Å². The molecule has 0 bridgehead atoms. The van der Waals surface area contributed by atoms with Crippen molar-refractivity contribution in [1.29, 1.82) is 0 Å². The van der Waals surface area contributed by atoms with Gasteiger partial charge in [0.15, 0.2) is 0 Å². The Morgan fingerprint density at radius 1 is 1.41 bits per heavy atom. The fraction of sp³-hybridized carbons (Fsp3) is 0.562. The molecule has 0 atom stereocenters. The number of halogens is 1. The van der Waals surface area contributed by atoms with Crippen LogP contribution in [0, 0.1) is 0 Å². The zero-order valence-electron chi connectivity index (χ0n) is 13.5. The number of benzene rings is 1. The van der Waals surface area contributed by atoms with E-state index in [2.05, 4.69) is 5.32 Å². The van der Waals surface area contributed by atoms with Crippen LogP contribution in [0.15, 0.2) is 18.2 Å². The van der Waals surface area contributed by atoms with Gasteiger partial charge in [-0.2, -0.15) is 0 Å². The van der Waals surface area contributed by atoms with Gasteiger partial charge in [0.2, 0.25) is 0 Å². The Morgan fingerprint density at radius 2 is 2.09 bits per heavy atom. The van der Waals surface area contributed by atoms with E-state index in [1.54, 1.807) is 18.1 Å². The van der Waals surface area contributed by atoms with Crippen LogP contribution in [0.1, 0.15) is 26.3 Å². The first-order valence-corrected chi connectivity index (χ1v) is 7.70. The van der Waals surface area contributed by atoms with E-state index in [1.807, 2.05) is 32.9 Å². The van der Waals surface area contributed by atoms with E-state index in [4.69, 9.17) is 21.1 Å². The van der Waals surface area contributed by atoms with E-state index in [0.29, 0.717) is 24.7 Å². The minimum absolute atomic E-state index is 0.258. The first-order chi connectivity index (χ1) is 10.3. The molecule has 1 amide bonds. The molecule has 1 fully saturated rings. The van der Waals surface area contributed by atoms with E-state index in [-0.39, 0.29) is 12.1 Å². The summed E-state index contributed by atoms with van der Waals surface area (Å²) < 4.78 is 10.6. The summed E-state index contributed by atoms with van der Waals surface area (Å²) in [6.45, 7) is 7.55. The summed E-state index contributed by atoms with van der Waals surface area (Å²) in [4.78, 5) is 13.5. The van der Waals surface area contributed by atoms with Crippen LogP contribution < -0.4 is 10.1 Å². The second-order valence-electron chi connectivity index (χ2n) is 6.42. The number of carbonyl (C=O) groups excluding carboxylic acids is 1. The minimum atomic E-state index is -0.455. The molecule has 1 N–H and O–H groups in total. The van der Waals surface area contributed by atoms with Crippen molar-refractivity contribution in [3.8, 4) is 5.75 Å². The highest BCUT2D eigenvalue weighted by molar-refractivity contribution is 6.30. The number of rotatable bonds is 4. The fourth-order valence-corrected chi connectivity index (χ4v) is 2.42. The average Bonchev–Trinajstić information content (AvgIpc) is 2.34. The molecule has 1 aromatic rings. The predicted octanol–water partition coefficient (Wildman–Crippen LogP) is 3.06. The van der Waals surface area contributed by atoms with E-state index in [0.717, 1.165) is 11.3 Å². The molecule has 122 valence electrons. The van der Waals surface area contributed by atoms with Gasteiger partial charge in [0.05, 0.1) is 7.11 Å². The summed E-state index contributed by atoms with van der Waals surface area (Å²) in [5.74, 6) is 0.806. The lowest BCUT2D eigenvalue weighted by molar-refractivity contribution is 0.00517. The first-order valence-electron chi connectivity index (χ1n) is 7.32. The highest BCUT2D eigenvalue weighted by Crippen LogP contribution is 2.23. The fourth-order valence-electron chi connectivity index (χ4n) is 2.22. The second kappa shape index (κ2) is 6.75. The lowest BCUT2D eigenvalue weighted by atomic mass is 10.1. The normalized spacial score (nSPS) is 15.4. The molecular formula is C16H23ClN2O3. The van der Waals surface area contributed by atoms with Crippen molar-refractivity contribution >= 4 is 17.7 Å². The van der Waals surface area contributed by atoms with Gasteiger partial charge in [-0.15, -0.1) is 0 Å². The predicted molar refractivity (Wildman–Crippen MR) is 86.4 cm³/mol. The number of likely N-dealkylation sites (tertiary alicyclic amines) is 1. The van der Waals surface area contributed by atoms with Crippen molar-refractivity contribution in [2.24, 2.45) is 0 Å². The molecule has 1 heterocycles. The highest BCUT2D eigenvalue weighted by atomic mass is 35.5. The lowest BCUT2D eigenvalue weighted by Crippen LogP contribution is -2.60. The van der Waals surface area contributed by atoms with E-state index < -0.39 is 5.60 Å². The van der Waals surface area contributed by atoms with Crippen LogP contribution in [0.3, 0.4) is 0 Å². The number of methoxy groups -OCH3 is 1. The minimum Gasteiger partial charge on any atom is -0.496 e. The third-order valence-electron chi connectivity index (χ3n) is 3.36. The van der Waals surface area contributed by atoms with Crippen LogP contribution in [-0.4, -0.2) is 42.8 Å². The maximum atomic E-state index is 11.8.